The molecule has 0 atom stereocenters. The number of benzene rings is 2. The molecule has 0 aromatic heterocycles. The molecule has 0 aliphatic carbocycles. The summed E-state index contributed by atoms with van der Waals surface area (Å²) in [5, 5.41) is 3.02. The van der Waals surface area contributed by atoms with E-state index < -0.39 is 0 Å². The molecule has 2 amide bonds. The fraction of sp³-hybridized carbons (Fsp3) is 0.467. The third-order valence-electron chi connectivity index (χ3n) is 6.25. The zero-order chi connectivity index (χ0) is 24.2. The first-order valence-corrected chi connectivity index (χ1v) is 12.8. The number of fused-ring (bicyclic) bond motifs is 2. The van der Waals surface area contributed by atoms with E-state index in [1.807, 2.05) is 53.4 Å². The van der Waals surface area contributed by atoms with E-state index in [-0.39, 0.29) is 13.2 Å². The Balaban J connectivity index is 0.00000432. The molecular formula is C30H40N2O2. The number of nitrogens with zero attached hydrogens (tertiary/aromatic N) is 1. The molecule has 1 aliphatic rings. The molecule has 3 rings (SSSR count). The molecule has 34 heavy (non-hydrogen) atoms. The number of carbonyl (C=O) groups excluding carboxylic acids is 2. The minimum atomic E-state index is 0. The summed E-state index contributed by atoms with van der Waals surface area (Å²) < 4.78 is 0. The van der Waals surface area contributed by atoms with Crippen molar-refractivity contribution < 1.29 is 11.0 Å². The molecule has 4 heteroatoms. The molecular weight excluding hydrogens is 420 g/mol. The number of rotatable bonds is 12. The van der Waals surface area contributed by atoms with Crippen LogP contribution in [0.1, 0.15) is 89.8 Å². The molecule has 1 heterocycles. The second kappa shape index (κ2) is 13.6. The maximum absolute atomic E-state index is 13.2. The third kappa shape index (κ3) is 8.06. The smallest absolute Gasteiger partial charge is 0.227 e. The van der Waals surface area contributed by atoms with Gasteiger partial charge in [0, 0.05) is 31.9 Å². The van der Waals surface area contributed by atoms with Gasteiger partial charge in [-0.25, -0.2) is 0 Å². The van der Waals surface area contributed by atoms with E-state index in [1.54, 1.807) is 0 Å². The first-order chi connectivity index (χ1) is 16.5. The van der Waals surface area contributed by atoms with Crippen LogP contribution in [0.2, 0.25) is 0 Å². The number of para-hydroxylation sites is 1. The van der Waals surface area contributed by atoms with Crippen LogP contribution in [0.4, 0.5) is 5.69 Å². The topological polar surface area (TPSA) is 49.4 Å². The van der Waals surface area contributed by atoms with Gasteiger partial charge >= 0.3 is 0 Å². The summed E-state index contributed by atoms with van der Waals surface area (Å²) in [7, 11) is 0. The molecule has 2 aromatic carbocycles. The normalized spacial score (nSPS) is 12.1. The Bertz CT molecular complexity index is 1020. The molecule has 4 nitrogen and oxygen atoms in total. The van der Waals surface area contributed by atoms with Crippen LogP contribution in [0.25, 0.3) is 0 Å². The number of anilines is 1. The Morgan fingerprint density at radius 3 is 2.38 bits per heavy atom. The lowest BCUT2D eigenvalue weighted by molar-refractivity contribution is -0.122. The Morgan fingerprint density at radius 2 is 1.56 bits per heavy atom. The van der Waals surface area contributed by atoms with Crippen LogP contribution < -0.4 is 10.2 Å². The first kappa shape index (κ1) is 25.6. The van der Waals surface area contributed by atoms with Gasteiger partial charge in [0.2, 0.25) is 11.8 Å². The van der Waals surface area contributed by atoms with E-state index in [1.165, 1.54) is 25.7 Å². The average Bonchev–Trinajstić information content (AvgIpc) is 2.82. The van der Waals surface area contributed by atoms with E-state index >= 15 is 0 Å². The van der Waals surface area contributed by atoms with Crippen molar-refractivity contribution in [1.82, 2.24) is 5.32 Å². The SMILES string of the molecule is CC(C)CCCCCCNC(=O)CCCCC(=O)N1Cc2ccccc2C#Cc2ccccc21.[HH]. The van der Waals surface area contributed by atoms with Crippen molar-refractivity contribution in [2.45, 2.75) is 78.2 Å². The molecule has 0 saturated carbocycles. The average molecular weight is 461 g/mol. The van der Waals surface area contributed by atoms with Gasteiger partial charge < -0.3 is 10.2 Å². The molecule has 0 bridgehead atoms. The molecule has 1 aliphatic heterocycles. The lowest BCUT2D eigenvalue weighted by atomic mass is 10.0. The zero-order valence-electron chi connectivity index (χ0n) is 20.7. The fourth-order valence-corrected chi connectivity index (χ4v) is 4.25. The van der Waals surface area contributed by atoms with E-state index in [9.17, 15) is 9.59 Å². The molecule has 1 N–H and O–H groups in total. The minimum Gasteiger partial charge on any atom is -0.356 e. The van der Waals surface area contributed by atoms with Crippen molar-refractivity contribution in [1.29, 1.82) is 0 Å². The van der Waals surface area contributed by atoms with Gasteiger partial charge in [-0.1, -0.05) is 81.7 Å². The molecule has 0 saturated heterocycles. The molecule has 2 aromatic rings. The van der Waals surface area contributed by atoms with Crippen LogP contribution >= 0.6 is 0 Å². The molecule has 0 unspecified atom stereocenters. The molecule has 182 valence electrons. The standard InChI is InChI=1S/C30H38N2O2.H2/c1-24(2)13-5-3-4-12-22-31-29(33)18-10-11-19-30(34)32-23-27-16-7-6-14-25(27)20-21-26-15-8-9-17-28(26)32;/h6-9,14-17,24H,3-5,10-13,18-19,22-23H2,1-2H3,(H,31,33);1H. The van der Waals surface area contributed by atoms with Gasteiger partial charge in [0.05, 0.1) is 12.2 Å². The van der Waals surface area contributed by atoms with Crippen LogP contribution in [0.15, 0.2) is 48.5 Å². The van der Waals surface area contributed by atoms with Crippen molar-refractivity contribution >= 4 is 17.5 Å². The van der Waals surface area contributed by atoms with E-state index in [2.05, 4.69) is 31.0 Å². The number of hydrogen-bond donors (Lipinski definition) is 1. The van der Waals surface area contributed by atoms with Crippen molar-refractivity contribution in [2.24, 2.45) is 5.92 Å². The summed E-state index contributed by atoms with van der Waals surface area (Å²) in [6, 6.07) is 15.8. The number of nitrogens with one attached hydrogen (secondary N) is 1. The van der Waals surface area contributed by atoms with Crippen LogP contribution in [0, 0.1) is 17.8 Å². The lowest BCUT2D eigenvalue weighted by Gasteiger charge is -2.26. The summed E-state index contributed by atoms with van der Waals surface area (Å²) in [5.74, 6) is 7.42. The Hall–Kier alpha value is -3.06. The maximum atomic E-state index is 13.2. The van der Waals surface area contributed by atoms with Crippen molar-refractivity contribution in [2.75, 3.05) is 11.4 Å². The quantitative estimate of drug-likeness (QED) is 0.292. The Labute approximate surface area is 206 Å². The van der Waals surface area contributed by atoms with Gasteiger partial charge in [-0.3, -0.25) is 9.59 Å². The van der Waals surface area contributed by atoms with Crippen molar-refractivity contribution in [3.63, 3.8) is 0 Å². The highest BCUT2D eigenvalue weighted by molar-refractivity contribution is 5.95. The lowest BCUT2D eigenvalue weighted by Crippen LogP contribution is -2.31. The van der Waals surface area contributed by atoms with Gasteiger partial charge in [0.1, 0.15) is 0 Å². The van der Waals surface area contributed by atoms with Crippen molar-refractivity contribution in [3.8, 4) is 11.8 Å². The van der Waals surface area contributed by atoms with Crippen LogP contribution in [0.3, 0.4) is 0 Å². The molecule has 0 fully saturated rings. The predicted octanol–water partition coefficient (Wildman–Crippen LogP) is 6.46. The summed E-state index contributed by atoms with van der Waals surface area (Å²) in [6.07, 6.45) is 8.34. The van der Waals surface area contributed by atoms with Crippen molar-refractivity contribution in [3.05, 3.63) is 65.2 Å². The Morgan fingerprint density at radius 1 is 0.882 bits per heavy atom. The Kier molecular flexibility index (Phi) is 10.2. The van der Waals surface area contributed by atoms with E-state index in [4.69, 9.17) is 0 Å². The van der Waals surface area contributed by atoms with Crippen LogP contribution in [0.5, 0.6) is 0 Å². The monoisotopic (exact) mass is 460 g/mol. The first-order valence-electron chi connectivity index (χ1n) is 12.8. The van der Waals surface area contributed by atoms with Crippen LogP contribution in [-0.2, 0) is 16.1 Å². The van der Waals surface area contributed by atoms with E-state index in [0.29, 0.717) is 25.8 Å². The fourth-order valence-electron chi connectivity index (χ4n) is 4.25. The highest BCUT2D eigenvalue weighted by atomic mass is 16.2. The summed E-state index contributed by atoms with van der Waals surface area (Å²) in [6.45, 7) is 5.79. The minimum absolute atomic E-state index is 0. The zero-order valence-corrected chi connectivity index (χ0v) is 20.7. The van der Waals surface area contributed by atoms with E-state index in [0.717, 1.165) is 47.7 Å². The highest BCUT2D eigenvalue weighted by Crippen LogP contribution is 2.26. The van der Waals surface area contributed by atoms with Gasteiger partial charge in [-0.2, -0.15) is 0 Å². The summed E-state index contributed by atoms with van der Waals surface area (Å²) >= 11 is 0. The number of unbranched alkanes of at least 4 members (excludes halogenated alkanes) is 4. The second-order valence-electron chi connectivity index (χ2n) is 9.56. The van der Waals surface area contributed by atoms with Gasteiger partial charge in [-0.05, 0) is 48.9 Å². The third-order valence-corrected chi connectivity index (χ3v) is 6.25. The van der Waals surface area contributed by atoms with Gasteiger partial charge in [0.15, 0.2) is 0 Å². The second-order valence-corrected chi connectivity index (χ2v) is 9.56. The highest BCUT2D eigenvalue weighted by Gasteiger charge is 2.20. The predicted molar refractivity (Wildman–Crippen MR) is 142 cm³/mol. The summed E-state index contributed by atoms with van der Waals surface area (Å²) in [4.78, 5) is 27.2. The van der Waals surface area contributed by atoms with Gasteiger partial charge in [0.25, 0.3) is 0 Å². The van der Waals surface area contributed by atoms with Crippen LogP contribution in [-0.4, -0.2) is 18.4 Å². The number of hydrogen-bond acceptors (Lipinski definition) is 2. The molecule has 0 radical (unpaired) electrons. The van der Waals surface area contributed by atoms with Gasteiger partial charge in [-0.15, -0.1) is 0 Å². The number of carbonyl (C=O) groups is 2. The largest absolute Gasteiger partial charge is 0.356 e. The maximum Gasteiger partial charge on any atom is 0.227 e. The summed E-state index contributed by atoms with van der Waals surface area (Å²) in [5.41, 5.74) is 3.75. The number of amides is 2. The molecule has 0 spiro atoms.